The van der Waals surface area contributed by atoms with E-state index in [1.807, 2.05) is 6.07 Å². The third-order valence-electron chi connectivity index (χ3n) is 5.26. The summed E-state index contributed by atoms with van der Waals surface area (Å²) in [6.45, 7) is 5.86. The Labute approximate surface area is 196 Å². The summed E-state index contributed by atoms with van der Waals surface area (Å²) in [7, 11) is 0. The summed E-state index contributed by atoms with van der Waals surface area (Å²) < 4.78 is 39.2. The molecule has 1 aliphatic heterocycles. The van der Waals surface area contributed by atoms with Crippen LogP contribution in [0.2, 0.25) is 0 Å². The first-order chi connectivity index (χ1) is 15.8. The number of pyridine rings is 1. The van der Waals surface area contributed by atoms with Gasteiger partial charge in [-0.2, -0.15) is 10.5 Å². The summed E-state index contributed by atoms with van der Waals surface area (Å²) in [6, 6.07) is 11.1. The number of halogens is 2. The van der Waals surface area contributed by atoms with E-state index in [9.17, 15) is 19.3 Å². The molecular formula is C24H24F2N4O2S. The van der Waals surface area contributed by atoms with Crippen LogP contribution in [0.4, 0.5) is 14.6 Å². The zero-order valence-electron chi connectivity index (χ0n) is 18.2. The van der Waals surface area contributed by atoms with Crippen molar-refractivity contribution in [3.8, 4) is 29.0 Å². The smallest absolute Gasteiger partial charge is 0.269 e. The van der Waals surface area contributed by atoms with Crippen molar-refractivity contribution in [3.05, 3.63) is 47.5 Å². The Kier molecular flexibility index (Phi) is 7.91. The van der Waals surface area contributed by atoms with Crippen LogP contribution in [0.1, 0.15) is 37.3 Å². The predicted octanol–water partition coefficient (Wildman–Crippen LogP) is 5.33. The zero-order valence-corrected chi connectivity index (χ0v) is 19.1. The van der Waals surface area contributed by atoms with E-state index in [4.69, 9.17) is 15.2 Å². The summed E-state index contributed by atoms with van der Waals surface area (Å²) in [5, 5.41) is 19.7. The van der Waals surface area contributed by atoms with Crippen molar-refractivity contribution < 1.29 is 18.3 Å². The number of ether oxygens (including phenoxy) is 2. The lowest BCUT2D eigenvalue weighted by Gasteiger charge is -2.23. The van der Waals surface area contributed by atoms with Crippen molar-refractivity contribution in [2.45, 2.75) is 43.2 Å². The molecule has 6 nitrogen and oxygen atoms in total. The quantitative estimate of drug-likeness (QED) is 0.411. The highest BCUT2D eigenvalue weighted by molar-refractivity contribution is 7.99. The number of rotatable bonds is 8. The van der Waals surface area contributed by atoms with Gasteiger partial charge in [0, 0.05) is 24.3 Å². The molecule has 1 atom stereocenters. The van der Waals surface area contributed by atoms with E-state index >= 15 is 0 Å². The third kappa shape index (κ3) is 5.81. The van der Waals surface area contributed by atoms with Crippen molar-refractivity contribution in [2.24, 2.45) is 0 Å². The number of anilines is 1. The third-order valence-corrected chi connectivity index (χ3v) is 6.24. The zero-order chi connectivity index (χ0) is 24.0. The Morgan fingerprint density at radius 1 is 1.30 bits per heavy atom. The Morgan fingerprint density at radius 2 is 2.00 bits per heavy atom. The molecule has 0 amide bonds. The van der Waals surface area contributed by atoms with Crippen molar-refractivity contribution in [1.82, 2.24) is 4.98 Å². The molecule has 0 radical (unpaired) electrons. The van der Waals surface area contributed by atoms with Crippen molar-refractivity contribution in [2.75, 3.05) is 24.7 Å². The van der Waals surface area contributed by atoms with E-state index in [0.717, 1.165) is 31.2 Å². The first kappa shape index (κ1) is 24.5. The Hall–Kier alpha value is -3.14. The van der Waals surface area contributed by atoms with Crippen molar-refractivity contribution in [1.29, 1.82) is 10.5 Å². The summed E-state index contributed by atoms with van der Waals surface area (Å²) in [5.74, 6) is -2.42. The highest BCUT2D eigenvalue weighted by Gasteiger charge is 2.30. The average molecular weight is 471 g/mol. The van der Waals surface area contributed by atoms with E-state index in [1.54, 1.807) is 24.3 Å². The van der Waals surface area contributed by atoms with Crippen molar-refractivity contribution >= 4 is 17.6 Å². The van der Waals surface area contributed by atoms with Gasteiger partial charge in [-0.05, 0) is 43.0 Å². The summed E-state index contributed by atoms with van der Waals surface area (Å²) in [4.78, 5) is 4.15. The molecule has 1 aromatic carbocycles. The van der Waals surface area contributed by atoms with Crippen LogP contribution in [0.15, 0.2) is 41.4 Å². The van der Waals surface area contributed by atoms with Crippen LogP contribution in [0.3, 0.4) is 0 Å². The number of aromatic nitrogens is 1. The van der Waals surface area contributed by atoms with Gasteiger partial charge in [-0.25, -0.2) is 13.8 Å². The molecule has 0 bridgehead atoms. The number of nitrogens with zero attached hydrogens (tertiary/aromatic N) is 3. The topological polar surface area (TPSA) is 105 Å². The fraction of sp³-hybridized carbons (Fsp3) is 0.375. The van der Waals surface area contributed by atoms with Gasteiger partial charge in [-0.1, -0.05) is 18.7 Å². The molecule has 172 valence electrons. The second-order valence-corrected chi connectivity index (χ2v) is 8.80. The van der Waals surface area contributed by atoms with Gasteiger partial charge in [0.25, 0.3) is 5.92 Å². The molecule has 1 aromatic heterocycles. The molecule has 0 spiro atoms. The molecule has 1 fully saturated rings. The van der Waals surface area contributed by atoms with E-state index in [-0.39, 0.29) is 39.4 Å². The summed E-state index contributed by atoms with van der Waals surface area (Å²) >= 11 is 1.00. The van der Waals surface area contributed by atoms with E-state index < -0.39 is 12.3 Å². The summed E-state index contributed by atoms with van der Waals surface area (Å²) in [6.07, 6.45) is 1.37. The molecule has 0 saturated carbocycles. The number of hydrogen-bond acceptors (Lipinski definition) is 7. The number of alkyl halides is 2. The first-order valence-electron chi connectivity index (χ1n) is 10.4. The second kappa shape index (κ2) is 10.7. The minimum atomic E-state index is -3.01. The number of benzene rings is 1. The summed E-state index contributed by atoms with van der Waals surface area (Å²) in [5.41, 5.74) is 6.87. The SMILES string of the molecule is C=C(C)C(F)(F)CCSc1nc(N)c(C#N)c(-c2ccc(OC3CCCOC3)cc2)c1C#N. The molecule has 2 heterocycles. The molecule has 2 aromatic rings. The minimum Gasteiger partial charge on any atom is -0.488 e. The van der Waals surface area contributed by atoms with Crippen LogP contribution in [-0.4, -0.2) is 36.0 Å². The van der Waals surface area contributed by atoms with Gasteiger partial charge in [0.15, 0.2) is 0 Å². The monoisotopic (exact) mass is 470 g/mol. The van der Waals surface area contributed by atoms with Gasteiger partial charge in [-0.15, -0.1) is 11.8 Å². The lowest BCUT2D eigenvalue weighted by molar-refractivity contribution is 0.00744. The molecule has 0 aliphatic carbocycles. The Morgan fingerprint density at radius 3 is 2.58 bits per heavy atom. The minimum absolute atomic E-state index is 0.00254. The number of nitrogens with two attached hydrogens (primary N) is 1. The largest absolute Gasteiger partial charge is 0.488 e. The van der Waals surface area contributed by atoms with Gasteiger partial charge >= 0.3 is 0 Å². The average Bonchev–Trinajstić information content (AvgIpc) is 2.79. The van der Waals surface area contributed by atoms with Crippen LogP contribution in [-0.2, 0) is 4.74 Å². The molecule has 2 N–H and O–H groups in total. The van der Waals surface area contributed by atoms with Crippen LogP contribution < -0.4 is 10.5 Å². The number of nitriles is 2. The molecule has 3 rings (SSSR count). The van der Waals surface area contributed by atoms with Crippen LogP contribution in [0.25, 0.3) is 11.1 Å². The number of thioether (sulfide) groups is 1. The van der Waals surface area contributed by atoms with Gasteiger partial charge in [0.05, 0.1) is 12.2 Å². The Balaban J connectivity index is 1.89. The van der Waals surface area contributed by atoms with Crippen molar-refractivity contribution in [3.63, 3.8) is 0 Å². The lowest BCUT2D eigenvalue weighted by Crippen LogP contribution is -2.27. The molecular weight excluding hydrogens is 446 g/mol. The Bertz CT molecular complexity index is 1100. The van der Waals surface area contributed by atoms with E-state index in [0.29, 0.717) is 23.5 Å². The van der Waals surface area contributed by atoms with Crippen LogP contribution >= 0.6 is 11.8 Å². The highest BCUT2D eigenvalue weighted by atomic mass is 32.2. The van der Waals surface area contributed by atoms with Crippen LogP contribution in [0.5, 0.6) is 5.75 Å². The fourth-order valence-corrected chi connectivity index (χ4v) is 4.38. The molecule has 33 heavy (non-hydrogen) atoms. The molecule has 1 aliphatic rings. The normalized spacial score (nSPS) is 16.0. The van der Waals surface area contributed by atoms with Gasteiger partial charge in [0.2, 0.25) is 0 Å². The second-order valence-electron chi connectivity index (χ2n) is 7.72. The molecule has 1 saturated heterocycles. The standard InChI is InChI=1S/C24H24F2N4O2S/c1-15(2)24(25,26)9-11-33-23-20(13-28)21(19(12-27)22(29)30-23)16-5-7-17(8-6-16)32-18-4-3-10-31-14-18/h5-8,18H,1,3-4,9-11,14H2,2H3,(H2,29,30). The van der Waals surface area contributed by atoms with Crippen LogP contribution in [0, 0.1) is 22.7 Å². The number of hydrogen-bond donors (Lipinski definition) is 1. The van der Waals surface area contributed by atoms with Gasteiger partial charge in [-0.3, -0.25) is 0 Å². The fourth-order valence-electron chi connectivity index (χ4n) is 3.38. The molecule has 9 heteroatoms. The van der Waals surface area contributed by atoms with E-state index in [1.165, 1.54) is 6.92 Å². The van der Waals surface area contributed by atoms with Gasteiger partial charge < -0.3 is 15.2 Å². The maximum absolute atomic E-state index is 13.9. The molecule has 1 unspecified atom stereocenters. The van der Waals surface area contributed by atoms with Gasteiger partial charge in [0.1, 0.15) is 40.4 Å². The first-order valence-corrected chi connectivity index (χ1v) is 11.4. The maximum atomic E-state index is 13.9. The highest BCUT2D eigenvalue weighted by Crippen LogP contribution is 2.37. The number of allylic oxidation sites excluding steroid dienone is 1. The number of nitrogen functional groups attached to an aromatic ring is 1. The lowest BCUT2D eigenvalue weighted by atomic mass is 9.97. The maximum Gasteiger partial charge on any atom is 0.269 e. The van der Waals surface area contributed by atoms with E-state index in [2.05, 4.69) is 17.6 Å². The predicted molar refractivity (Wildman–Crippen MR) is 123 cm³/mol.